The van der Waals surface area contributed by atoms with Crippen LogP contribution in [-0.4, -0.2) is 38.3 Å². The van der Waals surface area contributed by atoms with E-state index < -0.39 is 20.0 Å². The Morgan fingerprint density at radius 3 is 2.00 bits per heavy atom. The standard InChI is InChI=1S/C23H28O3Si/c1-5-23(21(24)16-17-25-23)18-26-27(22(2,3)4,19-12-8-6-9-13-19)20-14-10-7-11-15-20/h1,6-15,21,24H,16-18H2,2-4H3. The SMILES string of the molecule is C#CC1(CO[Si](c2ccccc2)(c2ccccc2)C(C)(C)C)OCCC1O. The Labute approximate surface area is 163 Å². The number of ether oxygens (including phenoxy) is 1. The molecular weight excluding hydrogens is 352 g/mol. The minimum atomic E-state index is -2.70. The Balaban J connectivity index is 2.11. The van der Waals surface area contributed by atoms with Crippen molar-refractivity contribution < 1.29 is 14.3 Å². The second-order valence-corrected chi connectivity index (χ2v) is 12.4. The van der Waals surface area contributed by atoms with Crippen molar-refractivity contribution in [2.75, 3.05) is 13.2 Å². The van der Waals surface area contributed by atoms with E-state index in [0.717, 1.165) is 0 Å². The van der Waals surface area contributed by atoms with E-state index in [0.29, 0.717) is 13.0 Å². The van der Waals surface area contributed by atoms with Crippen molar-refractivity contribution in [3.63, 3.8) is 0 Å². The summed E-state index contributed by atoms with van der Waals surface area (Å²) in [7, 11) is -2.70. The molecule has 2 atom stereocenters. The topological polar surface area (TPSA) is 38.7 Å². The lowest BCUT2D eigenvalue weighted by Gasteiger charge is -2.44. The highest BCUT2D eigenvalue weighted by atomic mass is 28.4. The molecule has 4 heteroatoms. The lowest BCUT2D eigenvalue weighted by atomic mass is 9.99. The maximum Gasteiger partial charge on any atom is 0.261 e. The third kappa shape index (κ3) is 3.49. The van der Waals surface area contributed by atoms with Crippen LogP contribution in [0.5, 0.6) is 0 Å². The fraction of sp³-hybridized carbons (Fsp3) is 0.391. The fourth-order valence-corrected chi connectivity index (χ4v) is 8.56. The van der Waals surface area contributed by atoms with E-state index >= 15 is 0 Å². The van der Waals surface area contributed by atoms with Crippen molar-refractivity contribution in [2.24, 2.45) is 0 Å². The number of aliphatic hydroxyl groups is 1. The summed E-state index contributed by atoms with van der Waals surface area (Å²) in [5.41, 5.74) is -1.08. The number of aliphatic hydroxyl groups excluding tert-OH is 1. The molecule has 2 aromatic carbocycles. The van der Waals surface area contributed by atoms with Gasteiger partial charge in [-0.3, -0.25) is 0 Å². The Bertz CT molecular complexity index is 752. The predicted octanol–water partition coefficient (Wildman–Crippen LogP) is 2.72. The third-order valence-electron chi connectivity index (χ3n) is 5.45. The molecule has 142 valence electrons. The van der Waals surface area contributed by atoms with Crippen molar-refractivity contribution in [1.82, 2.24) is 0 Å². The van der Waals surface area contributed by atoms with Crippen molar-refractivity contribution in [2.45, 2.75) is 43.9 Å². The van der Waals surface area contributed by atoms with Crippen LogP contribution in [0.1, 0.15) is 27.2 Å². The Kier molecular flexibility index (Phi) is 5.59. The summed E-state index contributed by atoms with van der Waals surface area (Å²) in [4.78, 5) is 0. The molecular formula is C23H28O3Si. The Morgan fingerprint density at radius 2 is 1.63 bits per heavy atom. The first-order valence-corrected chi connectivity index (χ1v) is 11.3. The molecule has 1 heterocycles. The minimum absolute atomic E-state index is 0.144. The maximum atomic E-state index is 10.4. The molecule has 27 heavy (non-hydrogen) atoms. The molecule has 0 amide bonds. The van der Waals surface area contributed by atoms with E-state index in [1.54, 1.807) is 0 Å². The number of hydrogen-bond acceptors (Lipinski definition) is 3. The van der Waals surface area contributed by atoms with E-state index in [1.165, 1.54) is 10.4 Å². The number of hydrogen-bond donors (Lipinski definition) is 1. The lowest BCUT2D eigenvalue weighted by Crippen LogP contribution is -2.68. The molecule has 1 saturated heterocycles. The quantitative estimate of drug-likeness (QED) is 0.640. The maximum absolute atomic E-state index is 10.4. The number of terminal acetylenes is 1. The highest BCUT2D eigenvalue weighted by molar-refractivity contribution is 6.99. The van der Waals surface area contributed by atoms with Crippen molar-refractivity contribution in [3.05, 3.63) is 60.7 Å². The second kappa shape index (κ2) is 7.61. The van der Waals surface area contributed by atoms with Gasteiger partial charge in [0.05, 0.1) is 19.3 Å². The van der Waals surface area contributed by atoms with Gasteiger partial charge in [0.2, 0.25) is 0 Å². The first-order valence-electron chi connectivity index (χ1n) is 9.40. The van der Waals surface area contributed by atoms with Crippen LogP contribution in [0.2, 0.25) is 5.04 Å². The normalized spacial score (nSPS) is 23.1. The number of benzene rings is 2. The van der Waals surface area contributed by atoms with Crippen molar-refractivity contribution >= 4 is 18.7 Å². The van der Waals surface area contributed by atoms with Crippen LogP contribution in [0.25, 0.3) is 0 Å². The van der Waals surface area contributed by atoms with Crippen LogP contribution in [0, 0.1) is 12.3 Å². The van der Waals surface area contributed by atoms with Gasteiger partial charge in [-0.05, 0) is 15.4 Å². The van der Waals surface area contributed by atoms with Gasteiger partial charge >= 0.3 is 0 Å². The van der Waals surface area contributed by atoms with Crippen LogP contribution in [-0.2, 0) is 9.16 Å². The zero-order valence-electron chi connectivity index (χ0n) is 16.3. The predicted molar refractivity (Wildman–Crippen MR) is 112 cm³/mol. The molecule has 0 aromatic heterocycles. The van der Waals surface area contributed by atoms with Gasteiger partial charge in [0, 0.05) is 6.42 Å². The van der Waals surface area contributed by atoms with Crippen LogP contribution in [0.15, 0.2) is 60.7 Å². The van der Waals surface area contributed by atoms with Gasteiger partial charge in [0.1, 0.15) is 0 Å². The highest BCUT2D eigenvalue weighted by Crippen LogP contribution is 2.38. The smallest absolute Gasteiger partial charge is 0.261 e. The largest absolute Gasteiger partial charge is 0.403 e. The highest BCUT2D eigenvalue weighted by Gasteiger charge is 2.53. The van der Waals surface area contributed by atoms with E-state index in [2.05, 4.69) is 51.0 Å². The lowest BCUT2D eigenvalue weighted by molar-refractivity contribution is -0.0436. The second-order valence-electron chi connectivity index (χ2n) is 8.14. The Hall–Kier alpha value is -1.90. The molecule has 0 bridgehead atoms. The van der Waals surface area contributed by atoms with Crippen LogP contribution in [0.4, 0.5) is 0 Å². The molecule has 1 aliphatic rings. The zero-order valence-corrected chi connectivity index (χ0v) is 17.3. The van der Waals surface area contributed by atoms with Gasteiger partial charge in [-0.15, -0.1) is 6.42 Å². The van der Waals surface area contributed by atoms with Gasteiger partial charge in [-0.1, -0.05) is 87.4 Å². The summed E-state index contributed by atoms with van der Waals surface area (Å²) in [5.74, 6) is 2.68. The Morgan fingerprint density at radius 1 is 1.11 bits per heavy atom. The van der Waals surface area contributed by atoms with E-state index in [1.807, 2.05) is 36.4 Å². The first-order chi connectivity index (χ1) is 12.9. The van der Waals surface area contributed by atoms with E-state index in [-0.39, 0.29) is 11.6 Å². The molecule has 0 aliphatic carbocycles. The zero-order chi connectivity index (χ0) is 19.5. The molecule has 2 unspecified atom stereocenters. The average Bonchev–Trinajstić information content (AvgIpc) is 3.04. The molecule has 2 aromatic rings. The first kappa shape index (κ1) is 19.8. The summed E-state index contributed by atoms with van der Waals surface area (Å²) in [6, 6.07) is 20.8. The minimum Gasteiger partial charge on any atom is -0.403 e. The summed E-state index contributed by atoms with van der Waals surface area (Å²) >= 11 is 0. The fourth-order valence-electron chi connectivity index (χ4n) is 3.98. The monoisotopic (exact) mass is 380 g/mol. The van der Waals surface area contributed by atoms with Crippen molar-refractivity contribution in [3.8, 4) is 12.3 Å². The molecule has 0 saturated carbocycles. The van der Waals surface area contributed by atoms with Gasteiger partial charge in [-0.2, -0.15) is 0 Å². The molecule has 1 fully saturated rings. The van der Waals surface area contributed by atoms with Gasteiger partial charge in [-0.25, -0.2) is 0 Å². The average molecular weight is 381 g/mol. The van der Waals surface area contributed by atoms with Gasteiger partial charge in [0.25, 0.3) is 8.32 Å². The van der Waals surface area contributed by atoms with E-state index in [4.69, 9.17) is 15.6 Å². The van der Waals surface area contributed by atoms with Crippen LogP contribution < -0.4 is 10.4 Å². The van der Waals surface area contributed by atoms with Gasteiger partial charge < -0.3 is 14.3 Å². The summed E-state index contributed by atoms with van der Waals surface area (Å²) < 4.78 is 12.6. The summed E-state index contributed by atoms with van der Waals surface area (Å²) in [6.07, 6.45) is 5.60. The summed E-state index contributed by atoms with van der Waals surface area (Å²) in [6.45, 7) is 7.28. The van der Waals surface area contributed by atoms with Crippen LogP contribution >= 0.6 is 0 Å². The van der Waals surface area contributed by atoms with Gasteiger partial charge in [0.15, 0.2) is 5.60 Å². The summed E-state index contributed by atoms with van der Waals surface area (Å²) in [5, 5.41) is 12.7. The molecule has 1 aliphatic heterocycles. The van der Waals surface area contributed by atoms with Crippen molar-refractivity contribution in [1.29, 1.82) is 0 Å². The third-order valence-corrected chi connectivity index (χ3v) is 10.4. The van der Waals surface area contributed by atoms with E-state index in [9.17, 15) is 5.11 Å². The molecule has 3 rings (SSSR count). The van der Waals surface area contributed by atoms with Crippen LogP contribution in [0.3, 0.4) is 0 Å². The molecule has 0 spiro atoms. The molecule has 1 N–H and O–H groups in total. The molecule has 0 radical (unpaired) electrons. The number of rotatable bonds is 5. The molecule has 3 nitrogen and oxygen atoms in total.